The number of aliphatic hydroxyl groups excluding tert-OH is 1. The number of amides is 2. The van der Waals surface area contributed by atoms with Gasteiger partial charge >= 0.3 is 10.4 Å². The second-order valence-electron chi connectivity index (χ2n) is 14.5. The maximum absolute atomic E-state index is 12.3. The minimum Gasteiger partial charge on any atom is -0.395 e. The number of rotatable bonds is 39. The summed E-state index contributed by atoms with van der Waals surface area (Å²) in [4.78, 5) is 26.6. The number of nitrogens with zero attached hydrogens (tertiary/aromatic N) is 1. The molecule has 320 valence electrons. The number of allylic oxidation sites excluding steroid dienone is 4. The van der Waals surface area contributed by atoms with E-state index in [0.29, 0.717) is 45.6 Å². The van der Waals surface area contributed by atoms with E-state index in [9.17, 15) is 23.1 Å². The van der Waals surface area contributed by atoms with Crippen molar-refractivity contribution in [2.75, 3.05) is 46.4 Å². The van der Waals surface area contributed by atoms with Gasteiger partial charge in [-0.2, -0.15) is 8.42 Å². The molecule has 4 N–H and O–H groups in total. The van der Waals surface area contributed by atoms with E-state index in [-0.39, 0.29) is 18.4 Å². The molecule has 0 saturated heterocycles. The normalized spacial score (nSPS) is 11.7. The highest BCUT2D eigenvalue weighted by Crippen LogP contribution is 2.11. The number of hydrogen-bond acceptors (Lipinski definition) is 7. The predicted molar refractivity (Wildman–Crippen MR) is 227 cm³/mol. The van der Waals surface area contributed by atoms with Crippen LogP contribution < -0.4 is 10.6 Å². The number of carbonyl (C=O) groups is 2. The second-order valence-corrected chi connectivity index (χ2v) is 15.7. The molecule has 10 nitrogen and oxygen atoms in total. The summed E-state index contributed by atoms with van der Waals surface area (Å²) in [6.07, 6.45) is 43.3. The first-order valence-corrected chi connectivity index (χ1v) is 23.3. The van der Waals surface area contributed by atoms with E-state index >= 15 is 0 Å². The summed E-state index contributed by atoms with van der Waals surface area (Å²) in [5, 5.41) is 15.5. The summed E-state index contributed by atoms with van der Waals surface area (Å²) < 4.78 is 29.7. The Morgan fingerprint density at radius 1 is 0.537 bits per heavy atom. The van der Waals surface area contributed by atoms with Crippen molar-refractivity contribution in [2.45, 2.75) is 194 Å². The van der Waals surface area contributed by atoms with Gasteiger partial charge in [-0.05, 0) is 64.2 Å². The van der Waals surface area contributed by atoms with Crippen LogP contribution in [0.5, 0.6) is 0 Å². The third-order valence-electron chi connectivity index (χ3n) is 9.46. The molecule has 0 rings (SSSR count). The molecular weight excluding hydrogens is 703 g/mol. The number of aliphatic hydroxyl groups is 1. The molecule has 0 aromatic rings. The van der Waals surface area contributed by atoms with E-state index in [1.54, 1.807) is 0 Å². The van der Waals surface area contributed by atoms with Crippen molar-refractivity contribution >= 4 is 22.2 Å². The summed E-state index contributed by atoms with van der Waals surface area (Å²) in [6.45, 7) is 7.68. The highest BCUT2D eigenvalue weighted by Gasteiger charge is 2.08. The third kappa shape index (κ3) is 48.2. The average molecular weight is 788 g/mol. The van der Waals surface area contributed by atoms with Crippen LogP contribution in [0.4, 0.5) is 0 Å². The molecule has 0 aliphatic carbocycles. The van der Waals surface area contributed by atoms with Crippen molar-refractivity contribution in [3.8, 4) is 0 Å². The fraction of sp³-hybridized carbons (Fsp3) is 0.860. The van der Waals surface area contributed by atoms with E-state index in [2.05, 4.69) is 57.9 Å². The number of nitrogens with one attached hydrogen (secondary N) is 2. The fourth-order valence-electron chi connectivity index (χ4n) is 6.07. The van der Waals surface area contributed by atoms with Crippen molar-refractivity contribution in [1.29, 1.82) is 0 Å². The van der Waals surface area contributed by atoms with Crippen LogP contribution in [0.3, 0.4) is 0 Å². The Kier molecular flexibility index (Phi) is 44.2. The van der Waals surface area contributed by atoms with Gasteiger partial charge in [0.05, 0.1) is 13.7 Å². The quantitative estimate of drug-likeness (QED) is 0.0274. The van der Waals surface area contributed by atoms with Gasteiger partial charge in [0.25, 0.3) is 0 Å². The van der Waals surface area contributed by atoms with Crippen LogP contribution in [0, 0.1) is 0 Å². The maximum Gasteiger partial charge on any atom is 0.397 e. The van der Waals surface area contributed by atoms with E-state index in [1.807, 2.05) is 0 Å². The van der Waals surface area contributed by atoms with Gasteiger partial charge in [0.2, 0.25) is 11.8 Å². The molecule has 0 saturated carbocycles. The zero-order valence-electron chi connectivity index (χ0n) is 35.1. The highest BCUT2D eigenvalue weighted by atomic mass is 32.3. The Balaban J connectivity index is 0. The van der Waals surface area contributed by atoms with Gasteiger partial charge in [-0.25, -0.2) is 0 Å². The molecule has 0 atom stereocenters. The molecule has 0 heterocycles. The Bertz CT molecular complexity index is 918. The van der Waals surface area contributed by atoms with Crippen LogP contribution in [-0.4, -0.2) is 81.2 Å². The lowest BCUT2D eigenvalue weighted by atomic mass is 10.1. The molecule has 0 aromatic carbocycles. The van der Waals surface area contributed by atoms with Crippen molar-refractivity contribution in [2.24, 2.45) is 0 Å². The Morgan fingerprint density at radius 2 is 0.833 bits per heavy atom. The summed E-state index contributed by atoms with van der Waals surface area (Å²) >= 11 is 0. The molecule has 0 aromatic heterocycles. The van der Waals surface area contributed by atoms with Crippen LogP contribution in [0.1, 0.15) is 194 Å². The SMILES string of the molecule is CCCCCCCCC=CCCCCCCCC(=O)NCCN(CCO)CCNC(=O)CCCCCCCC=CCCCCCCCC.COS(=O)(=O)O. The third-order valence-corrected chi connectivity index (χ3v) is 9.88. The topological polar surface area (TPSA) is 145 Å². The van der Waals surface area contributed by atoms with Gasteiger partial charge in [-0.15, -0.1) is 0 Å². The van der Waals surface area contributed by atoms with Crippen LogP contribution in [0.25, 0.3) is 0 Å². The van der Waals surface area contributed by atoms with Gasteiger partial charge in [0.1, 0.15) is 0 Å². The van der Waals surface area contributed by atoms with Crippen molar-refractivity contribution in [3.63, 3.8) is 0 Å². The van der Waals surface area contributed by atoms with Crippen LogP contribution in [-0.2, 0) is 24.2 Å². The van der Waals surface area contributed by atoms with Gasteiger partial charge in [0.15, 0.2) is 0 Å². The molecular formula is C43H85N3O7S. The van der Waals surface area contributed by atoms with E-state index in [4.69, 9.17) is 4.55 Å². The van der Waals surface area contributed by atoms with Gasteiger partial charge in [0, 0.05) is 45.6 Å². The molecule has 0 fully saturated rings. The van der Waals surface area contributed by atoms with Crippen LogP contribution in [0.15, 0.2) is 24.3 Å². The first-order valence-electron chi connectivity index (χ1n) is 21.9. The van der Waals surface area contributed by atoms with Crippen molar-refractivity contribution in [1.82, 2.24) is 15.5 Å². The molecule has 0 radical (unpaired) electrons. The first-order chi connectivity index (χ1) is 26.2. The van der Waals surface area contributed by atoms with E-state index < -0.39 is 10.4 Å². The van der Waals surface area contributed by atoms with Crippen LogP contribution >= 0.6 is 0 Å². The molecule has 11 heteroatoms. The molecule has 0 bridgehead atoms. The zero-order valence-corrected chi connectivity index (χ0v) is 36.0. The molecule has 0 unspecified atom stereocenters. The smallest absolute Gasteiger partial charge is 0.395 e. The predicted octanol–water partition coefficient (Wildman–Crippen LogP) is 10.0. The lowest BCUT2D eigenvalue weighted by Crippen LogP contribution is -2.40. The van der Waals surface area contributed by atoms with Crippen molar-refractivity contribution < 1.29 is 31.8 Å². The minimum absolute atomic E-state index is 0.0751. The van der Waals surface area contributed by atoms with Gasteiger partial charge in [-0.3, -0.25) is 23.2 Å². The zero-order chi connectivity index (χ0) is 40.2. The monoisotopic (exact) mass is 788 g/mol. The average Bonchev–Trinajstić information content (AvgIpc) is 3.14. The van der Waals surface area contributed by atoms with Gasteiger partial charge < -0.3 is 15.7 Å². The fourth-order valence-corrected chi connectivity index (χ4v) is 6.07. The van der Waals surface area contributed by atoms with E-state index in [0.717, 1.165) is 32.8 Å². The number of carbonyl (C=O) groups excluding carboxylic acids is 2. The summed E-state index contributed by atoms with van der Waals surface area (Å²) in [5.41, 5.74) is 0. The molecule has 0 aliphatic rings. The summed E-state index contributed by atoms with van der Waals surface area (Å²) in [6, 6.07) is 0. The molecule has 0 aliphatic heterocycles. The Labute approximate surface area is 333 Å². The summed E-state index contributed by atoms with van der Waals surface area (Å²) in [7, 11) is -3.29. The second kappa shape index (κ2) is 43.9. The largest absolute Gasteiger partial charge is 0.397 e. The number of hydrogen-bond donors (Lipinski definition) is 4. The first kappa shape index (κ1) is 54.3. The minimum atomic E-state index is -4.16. The number of unbranched alkanes of at least 4 members (excludes halogenated alkanes) is 22. The van der Waals surface area contributed by atoms with Gasteiger partial charge in [-0.1, -0.05) is 141 Å². The lowest BCUT2D eigenvalue weighted by molar-refractivity contribution is -0.121. The highest BCUT2D eigenvalue weighted by molar-refractivity contribution is 7.80. The maximum atomic E-state index is 12.3. The van der Waals surface area contributed by atoms with E-state index in [1.165, 1.54) is 141 Å². The Hall–Kier alpha value is -1.79. The molecule has 0 spiro atoms. The molecule has 2 amide bonds. The standard InChI is InChI=1S/C42H81N3O3.CH4O4S/c1-3-5-7-9-11-13-15-17-19-21-23-25-27-29-31-33-41(47)43-35-37-45(39-40-46)38-36-44-42(48)34-32-30-28-26-24-22-20-18-16-14-12-10-8-6-4-2;1-5-6(2,3)4/h17-20,46H,3-16,21-40H2,1-2H3,(H,43,47)(H,44,48);1H3,(H,2,3,4). The Morgan fingerprint density at radius 3 is 1.13 bits per heavy atom. The lowest BCUT2D eigenvalue weighted by Gasteiger charge is -2.21. The summed E-state index contributed by atoms with van der Waals surface area (Å²) in [5.74, 6) is 0.231. The molecule has 54 heavy (non-hydrogen) atoms. The van der Waals surface area contributed by atoms with Crippen LogP contribution in [0.2, 0.25) is 0 Å². The van der Waals surface area contributed by atoms with Crippen molar-refractivity contribution in [3.05, 3.63) is 24.3 Å².